The molecule has 1 aliphatic carbocycles. The molecule has 168 valence electrons. The third-order valence-corrected chi connectivity index (χ3v) is 6.10. The smallest absolute Gasteiger partial charge is 0.334 e. The van der Waals surface area contributed by atoms with E-state index >= 15 is 0 Å². The maximum atomic E-state index is 11.9. The predicted molar refractivity (Wildman–Crippen MR) is 122 cm³/mol. The van der Waals surface area contributed by atoms with Gasteiger partial charge in [0.2, 0.25) is 0 Å². The van der Waals surface area contributed by atoms with Gasteiger partial charge in [-0.2, -0.15) is 5.10 Å². The van der Waals surface area contributed by atoms with E-state index in [1.807, 2.05) is 30.3 Å². The third kappa shape index (κ3) is 5.00. The standard InChI is InChI=1S/C24H27ClN4O3/c1-3-31-24(30)15(2)32-19-10-6-17(7-11-19)23-21(20-12-13-26-14-27-20)22(28-29-23)16-4-8-18(25)9-5-16/h4-5,8-9,12-15,17,19H,3,6-7,10-11H2,1-2H3,(H,28,29). The first kappa shape index (κ1) is 22.4. The molecule has 2 aromatic heterocycles. The van der Waals surface area contributed by atoms with Gasteiger partial charge in [0.1, 0.15) is 12.0 Å². The van der Waals surface area contributed by atoms with E-state index in [0.29, 0.717) is 17.5 Å². The number of hydrogen-bond donors (Lipinski definition) is 1. The molecule has 0 saturated heterocycles. The molecule has 8 heteroatoms. The van der Waals surface area contributed by atoms with E-state index < -0.39 is 6.10 Å². The van der Waals surface area contributed by atoms with E-state index in [-0.39, 0.29) is 12.1 Å². The van der Waals surface area contributed by atoms with E-state index in [1.54, 1.807) is 26.4 Å². The van der Waals surface area contributed by atoms with Crippen molar-refractivity contribution in [1.82, 2.24) is 20.2 Å². The normalized spacial score (nSPS) is 19.5. The van der Waals surface area contributed by atoms with Gasteiger partial charge >= 0.3 is 5.97 Å². The molecule has 7 nitrogen and oxygen atoms in total. The average molecular weight is 455 g/mol. The van der Waals surface area contributed by atoms with Gasteiger partial charge < -0.3 is 9.47 Å². The van der Waals surface area contributed by atoms with Crippen LogP contribution < -0.4 is 0 Å². The van der Waals surface area contributed by atoms with Crippen LogP contribution in [0, 0.1) is 0 Å². The van der Waals surface area contributed by atoms with Crippen LogP contribution in [0.15, 0.2) is 42.9 Å². The second-order valence-electron chi connectivity index (χ2n) is 7.97. The fraction of sp³-hybridized carbons (Fsp3) is 0.417. The van der Waals surface area contributed by atoms with Crippen LogP contribution in [-0.2, 0) is 14.3 Å². The minimum Gasteiger partial charge on any atom is -0.464 e. The van der Waals surface area contributed by atoms with Gasteiger partial charge in [-0.1, -0.05) is 23.7 Å². The Labute approximate surface area is 192 Å². The lowest BCUT2D eigenvalue weighted by Gasteiger charge is -2.30. The molecule has 0 spiro atoms. The number of aromatic nitrogens is 4. The van der Waals surface area contributed by atoms with Crippen molar-refractivity contribution in [3.8, 4) is 22.5 Å². The van der Waals surface area contributed by atoms with Crippen molar-refractivity contribution in [3.63, 3.8) is 0 Å². The summed E-state index contributed by atoms with van der Waals surface area (Å²) in [7, 11) is 0. The quantitative estimate of drug-likeness (QED) is 0.494. The lowest BCUT2D eigenvalue weighted by Crippen LogP contribution is -2.31. The van der Waals surface area contributed by atoms with Gasteiger partial charge in [-0.15, -0.1) is 0 Å². The monoisotopic (exact) mass is 454 g/mol. The molecule has 0 amide bonds. The molecule has 1 atom stereocenters. The molecule has 4 rings (SSSR count). The molecule has 1 saturated carbocycles. The second-order valence-corrected chi connectivity index (χ2v) is 8.40. The van der Waals surface area contributed by atoms with Crippen LogP contribution in [0.4, 0.5) is 0 Å². The van der Waals surface area contributed by atoms with Gasteiger partial charge in [-0.3, -0.25) is 5.10 Å². The Morgan fingerprint density at radius 1 is 1.19 bits per heavy atom. The van der Waals surface area contributed by atoms with Crippen molar-refractivity contribution in [3.05, 3.63) is 53.6 Å². The SMILES string of the molecule is CCOC(=O)C(C)OC1CCC(c2[nH]nc(-c3ccc(Cl)cc3)c2-c2ccncn2)CC1. The number of aromatic amines is 1. The number of carbonyl (C=O) groups is 1. The molecule has 0 aliphatic heterocycles. The summed E-state index contributed by atoms with van der Waals surface area (Å²) in [6.07, 6.45) is 6.40. The summed E-state index contributed by atoms with van der Waals surface area (Å²) in [6.45, 7) is 3.92. The van der Waals surface area contributed by atoms with Crippen molar-refractivity contribution in [2.75, 3.05) is 6.61 Å². The van der Waals surface area contributed by atoms with Gasteiger partial charge in [0, 0.05) is 34.0 Å². The first-order valence-corrected chi connectivity index (χ1v) is 11.4. The first-order chi connectivity index (χ1) is 15.6. The van der Waals surface area contributed by atoms with Crippen molar-refractivity contribution in [2.24, 2.45) is 0 Å². The van der Waals surface area contributed by atoms with Gasteiger partial charge in [-0.05, 0) is 57.7 Å². The van der Waals surface area contributed by atoms with Crippen LogP contribution in [0.25, 0.3) is 22.5 Å². The number of nitrogens with one attached hydrogen (secondary N) is 1. The van der Waals surface area contributed by atoms with Crippen molar-refractivity contribution >= 4 is 17.6 Å². The number of halogens is 1. The Hall–Kier alpha value is -2.77. The highest BCUT2D eigenvalue weighted by atomic mass is 35.5. The number of H-pyrrole nitrogens is 1. The minimum absolute atomic E-state index is 0.0480. The largest absolute Gasteiger partial charge is 0.464 e. The Bertz CT molecular complexity index is 1030. The molecule has 1 unspecified atom stereocenters. The van der Waals surface area contributed by atoms with Crippen LogP contribution in [0.5, 0.6) is 0 Å². The summed E-state index contributed by atoms with van der Waals surface area (Å²) >= 11 is 6.08. The zero-order valence-corrected chi connectivity index (χ0v) is 19.0. The number of nitrogens with zero attached hydrogens (tertiary/aromatic N) is 3. The van der Waals surface area contributed by atoms with Crippen LogP contribution >= 0.6 is 11.6 Å². The third-order valence-electron chi connectivity index (χ3n) is 5.85. The summed E-state index contributed by atoms with van der Waals surface area (Å²) in [5, 5.41) is 8.63. The second kappa shape index (κ2) is 10.2. The molecule has 1 N–H and O–H groups in total. The molecule has 1 aliphatic rings. The zero-order chi connectivity index (χ0) is 22.5. The van der Waals surface area contributed by atoms with Crippen LogP contribution in [0.1, 0.15) is 51.1 Å². The number of ether oxygens (including phenoxy) is 2. The van der Waals surface area contributed by atoms with Crippen molar-refractivity contribution < 1.29 is 14.3 Å². The fourth-order valence-corrected chi connectivity index (χ4v) is 4.38. The Balaban J connectivity index is 1.54. The maximum absolute atomic E-state index is 11.9. The summed E-state index contributed by atoms with van der Waals surface area (Å²) in [4.78, 5) is 20.4. The zero-order valence-electron chi connectivity index (χ0n) is 18.3. The Kier molecular flexibility index (Phi) is 7.17. The highest BCUT2D eigenvalue weighted by molar-refractivity contribution is 6.30. The van der Waals surface area contributed by atoms with Gasteiger partial charge in [-0.25, -0.2) is 14.8 Å². The van der Waals surface area contributed by atoms with E-state index in [9.17, 15) is 4.79 Å². The minimum atomic E-state index is -0.545. The lowest BCUT2D eigenvalue weighted by atomic mass is 9.83. The summed E-state index contributed by atoms with van der Waals surface area (Å²) in [5.41, 5.74) is 4.74. The predicted octanol–water partition coefficient (Wildman–Crippen LogP) is 5.18. The molecule has 32 heavy (non-hydrogen) atoms. The van der Waals surface area contributed by atoms with Gasteiger partial charge in [0.05, 0.1) is 18.4 Å². The maximum Gasteiger partial charge on any atom is 0.334 e. The molecule has 0 bridgehead atoms. The molecule has 1 fully saturated rings. The summed E-state index contributed by atoms with van der Waals surface area (Å²) < 4.78 is 11.0. The van der Waals surface area contributed by atoms with E-state index in [1.165, 1.54) is 0 Å². The Morgan fingerprint density at radius 2 is 1.94 bits per heavy atom. The molecule has 3 aromatic rings. The highest BCUT2D eigenvalue weighted by Gasteiger charge is 2.30. The number of rotatable bonds is 7. The highest BCUT2D eigenvalue weighted by Crippen LogP contribution is 2.41. The average Bonchev–Trinajstić information content (AvgIpc) is 3.26. The number of carbonyl (C=O) groups excluding carboxylic acids is 1. The summed E-state index contributed by atoms with van der Waals surface area (Å²) in [5.74, 6) is -0.00638. The molecular formula is C24H27ClN4O3. The van der Waals surface area contributed by atoms with Crippen LogP contribution in [0.3, 0.4) is 0 Å². The molecule has 2 heterocycles. The van der Waals surface area contributed by atoms with Crippen molar-refractivity contribution in [1.29, 1.82) is 0 Å². The molecule has 0 radical (unpaired) electrons. The van der Waals surface area contributed by atoms with Gasteiger partial charge in [0.25, 0.3) is 0 Å². The topological polar surface area (TPSA) is 90.0 Å². The molecular weight excluding hydrogens is 428 g/mol. The number of hydrogen-bond acceptors (Lipinski definition) is 6. The van der Waals surface area contributed by atoms with Crippen LogP contribution in [0.2, 0.25) is 5.02 Å². The Morgan fingerprint density at radius 3 is 2.59 bits per heavy atom. The van der Waals surface area contributed by atoms with E-state index in [0.717, 1.165) is 53.9 Å². The summed E-state index contributed by atoms with van der Waals surface area (Å²) in [6, 6.07) is 9.57. The molecule has 1 aromatic carbocycles. The van der Waals surface area contributed by atoms with E-state index in [4.69, 9.17) is 21.1 Å². The van der Waals surface area contributed by atoms with Crippen LogP contribution in [-0.4, -0.2) is 44.9 Å². The number of benzene rings is 1. The van der Waals surface area contributed by atoms with Crippen molar-refractivity contribution in [2.45, 2.75) is 57.7 Å². The first-order valence-electron chi connectivity index (χ1n) is 11.0. The number of esters is 1. The van der Waals surface area contributed by atoms with E-state index in [2.05, 4.69) is 20.2 Å². The van der Waals surface area contributed by atoms with Gasteiger partial charge in [0.15, 0.2) is 6.10 Å². The fourth-order valence-electron chi connectivity index (χ4n) is 4.26. The lowest BCUT2D eigenvalue weighted by molar-refractivity contribution is -0.160.